The number of aliphatic hydroxyl groups excluding tert-OH is 1. The summed E-state index contributed by atoms with van der Waals surface area (Å²) in [5, 5.41) is 8.09. The molecule has 0 bridgehead atoms. The Bertz CT molecular complexity index is 42.8. The highest BCUT2D eigenvalue weighted by Gasteiger charge is 1.65. The zero-order chi connectivity index (χ0) is 4.83. The zero-order valence-electron chi connectivity index (χ0n) is 3.59. The van der Waals surface area contributed by atoms with E-state index >= 15 is 0 Å². The number of hydrogen-bond acceptors (Lipinski definition) is 1. The third-order valence-electron chi connectivity index (χ3n) is 0.432. The smallest absolute Gasteiger partial charge is 0.102 e. The number of hydrogen-bond donors (Lipinski definition) is 1. The lowest BCUT2D eigenvalue weighted by atomic mass is 10.1. The maximum absolute atomic E-state index is 8.09. The van der Waals surface area contributed by atoms with Gasteiger partial charge in [-0.1, -0.05) is 6.08 Å². The SMILES string of the molecule is [B]C=CCCO. The van der Waals surface area contributed by atoms with E-state index < -0.39 is 0 Å². The summed E-state index contributed by atoms with van der Waals surface area (Å²) in [5.41, 5.74) is 0. The van der Waals surface area contributed by atoms with E-state index in [9.17, 15) is 0 Å². The van der Waals surface area contributed by atoms with Crippen LogP contribution in [0.15, 0.2) is 12.1 Å². The van der Waals surface area contributed by atoms with Gasteiger partial charge in [-0.05, 0) is 6.42 Å². The van der Waals surface area contributed by atoms with E-state index in [1.165, 1.54) is 5.98 Å². The van der Waals surface area contributed by atoms with E-state index in [-0.39, 0.29) is 6.61 Å². The van der Waals surface area contributed by atoms with Crippen molar-refractivity contribution in [3.8, 4) is 0 Å². The minimum Gasteiger partial charge on any atom is -0.396 e. The summed E-state index contributed by atoms with van der Waals surface area (Å²) in [7, 11) is 4.92. The topological polar surface area (TPSA) is 20.2 Å². The Labute approximate surface area is 39.1 Å². The molecule has 0 unspecified atom stereocenters. The van der Waals surface area contributed by atoms with Gasteiger partial charge in [-0.3, -0.25) is 0 Å². The minimum atomic E-state index is 0.188. The summed E-state index contributed by atoms with van der Waals surface area (Å²) in [4.78, 5) is 0. The van der Waals surface area contributed by atoms with Crippen molar-refractivity contribution in [2.24, 2.45) is 0 Å². The highest BCUT2D eigenvalue weighted by atomic mass is 16.2. The summed E-state index contributed by atoms with van der Waals surface area (Å²) in [5.74, 6) is 1.43. The molecule has 0 aliphatic rings. The van der Waals surface area contributed by atoms with Crippen molar-refractivity contribution >= 4 is 7.85 Å². The molecule has 0 aromatic heterocycles. The van der Waals surface area contributed by atoms with Crippen molar-refractivity contribution in [1.82, 2.24) is 0 Å². The quantitative estimate of drug-likeness (QED) is 0.466. The third kappa shape index (κ3) is 3.76. The van der Waals surface area contributed by atoms with E-state index in [0.717, 1.165) is 0 Å². The first-order valence-electron chi connectivity index (χ1n) is 1.89. The van der Waals surface area contributed by atoms with Crippen molar-refractivity contribution in [1.29, 1.82) is 0 Å². The zero-order valence-corrected chi connectivity index (χ0v) is 3.59. The van der Waals surface area contributed by atoms with Crippen LogP contribution in [0.3, 0.4) is 0 Å². The molecule has 0 aromatic rings. The van der Waals surface area contributed by atoms with Gasteiger partial charge in [0.25, 0.3) is 0 Å². The normalized spacial score (nSPS) is 10.2. The fourth-order valence-electron chi connectivity index (χ4n) is 0.171. The van der Waals surface area contributed by atoms with Gasteiger partial charge in [0, 0.05) is 6.61 Å². The molecule has 6 heavy (non-hydrogen) atoms. The summed E-state index contributed by atoms with van der Waals surface area (Å²) < 4.78 is 0. The monoisotopic (exact) mass is 82.1 g/mol. The van der Waals surface area contributed by atoms with E-state index in [1.54, 1.807) is 6.08 Å². The average Bonchev–Trinajstić information content (AvgIpc) is 1.61. The van der Waals surface area contributed by atoms with Crippen molar-refractivity contribution in [3.05, 3.63) is 12.1 Å². The fourth-order valence-corrected chi connectivity index (χ4v) is 0.171. The highest BCUT2D eigenvalue weighted by Crippen LogP contribution is 1.73. The van der Waals surface area contributed by atoms with Gasteiger partial charge in [0.15, 0.2) is 0 Å². The standard InChI is InChI=1S/C4H7BO/c5-3-1-2-4-6/h1,3,6H,2,4H2. The summed E-state index contributed by atoms with van der Waals surface area (Å²) >= 11 is 0. The molecule has 1 N–H and O–H groups in total. The van der Waals surface area contributed by atoms with E-state index in [4.69, 9.17) is 13.0 Å². The molecule has 0 amide bonds. The molecular formula is C4H7BO. The molecule has 2 radical (unpaired) electrons. The minimum absolute atomic E-state index is 0.188. The lowest BCUT2D eigenvalue weighted by Crippen LogP contribution is -1.73. The first kappa shape index (κ1) is 5.76. The van der Waals surface area contributed by atoms with Gasteiger partial charge in [-0.25, -0.2) is 0 Å². The van der Waals surface area contributed by atoms with Crippen molar-refractivity contribution in [2.75, 3.05) is 6.61 Å². The van der Waals surface area contributed by atoms with E-state index in [1.807, 2.05) is 0 Å². The average molecular weight is 81.9 g/mol. The van der Waals surface area contributed by atoms with Crippen LogP contribution in [0.5, 0.6) is 0 Å². The summed E-state index contributed by atoms with van der Waals surface area (Å²) in [6.07, 6.45) is 2.37. The van der Waals surface area contributed by atoms with E-state index in [0.29, 0.717) is 6.42 Å². The second-order valence-corrected chi connectivity index (χ2v) is 0.940. The Hall–Kier alpha value is -0.235. The number of rotatable bonds is 2. The fraction of sp³-hybridized carbons (Fsp3) is 0.500. The molecule has 1 nitrogen and oxygen atoms in total. The van der Waals surface area contributed by atoms with Gasteiger partial charge in [-0.15, -0.1) is 5.98 Å². The molecule has 0 aromatic carbocycles. The molecule has 0 fully saturated rings. The van der Waals surface area contributed by atoms with Gasteiger partial charge >= 0.3 is 0 Å². The lowest BCUT2D eigenvalue weighted by Gasteiger charge is -1.76. The molecule has 0 atom stereocenters. The van der Waals surface area contributed by atoms with Crippen LogP contribution in [-0.2, 0) is 0 Å². The lowest BCUT2D eigenvalue weighted by molar-refractivity contribution is 0.302. The van der Waals surface area contributed by atoms with Crippen LogP contribution in [-0.4, -0.2) is 19.6 Å². The maximum atomic E-state index is 8.09. The van der Waals surface area contributed by atoms with Gasteiger partial charge < -0.3 is 5.11 Å². The third-order valence-corrected chi connectivity index (χ3v) is 0.432. The molecule has 32 valence electrons. The Morgan fingerprint density at radius 3 is 2.50 bits per heavy atom. The maximum Gasteiger partial charge on any atom is 0.102 e. The van der Waals surface area contributed by atoms with Crippen molar-refractivity contribution in [2.45, 2.75) is 6.42 Å². The Balaban J connectivity index is 2.66. The summed E-state index contributed by atoms with van der Waals surface area (Å²) in [6, 6.07) is 0. The molecule has 0 saturated heterocycles. The second kappa shape index (κ2) is 4.76. The largest absolute Gasteiger partial charge is 0.396 e. The Morgan fingerprint density at radius 2 is 2.33 bits per heavy atom. The van der Waals surface area contributed by atoms with Gasteiger partial charge in [0.1, 0.15) is 7.85 Å². The predicted octanol–water partition coefficient (Wildman–Crippen LogP) is 0.0510. The number of aliphatic hydroxyl groups is 1. The molecule has 0 rings (SSSR count). The van der Waals surface area contributed by atoms with Crippen LogP contribution in [0.1, 0.15) is 6.42 Å². The van der Waals surface area contributed by atoms with Gasteiger partial charge in [0.05, 0.1) is 0 Å². The molecular weight excluding hydrogens is 74.9 g/mol. The van der Waals surface area contributed by atoms with Crippen LogP contribution < -0.4 is 0 Å². The Kier molecular flexibility index (Phi) is 4.58. The van der Waals surface area contributed by atoms with Crippen LogP contribution in [0.4, 0.5) is 0 Å². The molecule has 0 aliphatic heterocycles. The van der Waals surface area contributed by atoms with Crippen molar-refractivity contribution < 1.29 is 5.11 Å². The molecule has 2 heteroatoms. The van der Waals surface area contributed by atoms with Gasteiger partial charge in [0.2, 0.25) is 0 Å². The molecule has 0 aliphatic carbocycles. The first-order valence-corrected chi connectivity index (χ1v) is 1.89. The second-order valence-electron chi connectivity index (χ2n) is 0.940. The first-order chi connectivity index (χ1) is 2.91. The molecule has 0 saturated carbocycles. The van der Waals surface area contributed by atoms with Crippen LogP contribution in [0, 0.1) is 0 Å². The molecule has 0 spiro atoms. The van der Waals surface area contributed by atoms with Gasteiger partial charge in [-0.2, -0.15) is 0 Å². The van der Waals surface area contributed by atoms with E-state index in [2.05, 4.69) is 0 Å². The highest BCUT2D eigenvalue weighted by molar-refractivity contribution is 6.16. The van der Waals surface area contributed by atoms with Crippen LogP contribution in [0.25, 0.3) is 0 Å². The Morgan fingerprint density at radius 1 is 1.67 bits per heavy atom. The predicted molar refractivity (Wildman–Crippen MR) is 26.6 cm³/mol. The summed E-state index contributed by atoms with van der Waals surface area (Å²) in [6.45, 7) is 0.188. The van der Waals surface area contributed by atoms with Crippen LogP contribution >= 0.6 is 0 Å². The molecule has 0 heterocycles. The van der Waals surface area contributed by atoms with Crippen LogP contribution in [0.2, 0.25) is 0 Å². The van der Waals surface area contributed by atoms with Crippen molar-refractivity contribution in [3.63, 3.8) is 0 Å².